The Morgan fingerprint density at radius 3 is 2.55 bits per heavy atom. The van der Waals surface area contributed by atoms with E-state index in [1.807, 2.05) is 18.2 Å². The molecule has 0 aliphatic rings. The lowest BCUT2D eigenvalue weighted by Crippen LogP contribution is -2.26. The lowest BCUT2D eigenvalue weighted by Gasteiger charge is -2.18. The van der Waals surface area contributed by atoms with E-state index in [0.717, 1.165) is 11.6 Å². The molecule has 0 saturated carbocycles. The summed E-state index contributed by atoms with van der Waals surface area (Å²) in [5.41, 5.74) is 0.959. The first-order valence-corrected chi connectivity index (χ1v) is 6.37. The predicted octanol–water partition coefficient (Wildman–Crippen LogP) is 3.02. The zero-order valence-electron chi connectivity index (χ0n) is 10.9. The Morgan fingerprint density at radius 1 is 1.20 bits per heavy atom. The molecular weight excluding hydrogens is 278 g/mol. The summed E-state index contributed by atoms with van der Waals surface area (Å²) in [6, 6.07) is 11.1. The van der Waals surface area contributed by atoms with Crippen LogP contribution in [0.25, 0.3) is 0 Å². The summed E-state index contributed by atoms with van der Waals surface area (Å²) in [7, 11) is 1.62. The summed E-state index contributed by atoms with van der Waals surface area (Å²) in [5, 5.41) is 19.5. The Kier molecular flexibility index (Phi) is 4.15. The molecule has 2 N–H and O–H groups in total. The number of amides is 1. The summed E-state index contributed by atoms with van der Waals surface area (Å²) in [5.74, 6) is -0.684. The maximum absolute atomic E-state index is 12.2. The predicted molar refractivity (Wildman–Crippen MR) is 77.0 cm³/mol. The fourth-order valence-electron chi connectivity index (χ4n) is 1.86. The second-order valence-electron chi connectivity index (χ2n) is 4.45. The van der Waals surface area contributed by atoms with Crippen LogP contribution in [-0.4, -0.2) is 28.1 Å². The molecule has 0 radical (unpaired) electrons. The summed E-state index contributed by atoms with van der Waals surface area (Å²) in [6.45, 7) is 0.332. The summed E-state index contributed by atoms with van der Waals surface area (Å²) < 4.78 is 0. The molecule has 2 aromatic carbocycles. The van der Waals surface area contributed by atoms with Crippen LogP contribution in [0.3, 0.4) is 0 Å². The summed E-state index contributed by atoms with van der Waals surface area (Å²) in [4.78, 5) is 13.7. The van der Waals surface area contributed by atoms with Crippen LogP contribution in [0.2, 0.25) is 5.02 Å². The van der Waals surface area contributed by atoms with Gasteiger partial charge in [0.25, 0.3) is 5.91 Å². The number of benzene rings is 2. The van der Waals surface area contributed by atoms with Crippen molar-refractivity contribution in [1.82, 2.24) is 4.90 Å². The van der Waals surface area contributed by atoms with Crippen LogP contribution >= 0.6 is 11.6 Å². The van der Waals surface area contributed by atoms with Gasteiger partial charge in [-0.25, -0.2) is 0 Å². The van der Waals surface area contributed by atoms with Crippen LogP contribution in [0.1, 0.15) is 15.9 Å². The molecule has 2 rings (SSSR count). The molecule has 0 aliphatic heterocycles. The van der Waals surface area contributed by atoms with Crippen molar-refractivity contribution < 1.29 is 15.0 Å². The number of rotatable bonds is 3. The average Bonchev–Trinajstić information content (AvgIpc) is 2.40. The number of nitrogens with zero attached hydrogens (tertiary/aromatic N) is 1. The van der Waals surface area contributed by atoms with Gasteiger partial charge in [0.05, 0.1) is 5.56 Å². The van der Waals surface area contributed by atoms with Crippen LogP contribution in [0, 0.1) is 0 Å². The average molecular weight is 292 g/mol. The molecule has 0 bridgehead atoms. The first-order valence-electron chi connectivity index (χ1n) is 6.00. The molecule has 0 spiro atoms. The maximum Gasteiger partial charge on any atom is 0.257 e. The third kappa shape index (κ3) is 3.03. The lowest BCUT2D eigenvalue weighted by atomic mass is 10.1. The van der Waals surface area contributed by atoms with Gasteiger partial charge in [0.2, 0.25) is 0 Å². The SMILES string of the molecule is CN(Cc1ccccc1Cl)C(=O)c1ccc(O)cc1O. The van der Waals surface area contributed by atoms with Gasteiger partial charge < -0.3 is 15.1 Å². The number of aromatic hydroxyl groups is 2. The van der Waals surface area contributed by atoms with E-state index in [9.17, 15) is 15.0 Å². The first kappa shape index (κ1) is 14.2. The highest BCUT2D eigenvalue weighted by Gasteiger charge is 2.17. The second kappa shape index (κ2) is 5.84. The van der Waals surface area contributed by atoms with Crippen molar-refractivity contribution in [2.45, 2.75) is 6.54 Å². The van der Waals surface area contributed by atoms with Gasteiger partial charge in [-0.2, -0.15) is 0 Å². The molecule has 4 nitrogen and oxygen atoms in total. The second-order valence-corrected chi connectivity index (χ2v) is 4.86. The Bertz CT molecular complexity index is 643. The number of phenolic OH excluding ortho intramolecular Hbond substituents is 2. The first-order chi connectivity index (χ1) is 9.49. The number of hydrogen-bond acceptors (Lipinski definition) is 3. The van der Waals surface area contributed by atoms with Gasteiger partial charge in [0.1, 0.15) is 11.5 Å². The van der Waals surface area contributed by atoms with Crippen LogP contribution in [0.15, 0.2) is 42.5 Å². The van der Waals surface area contributed by atoms with E-state index >= 15 is 0 Å². The Balaban J connectivity index is 2.19. The van der Waals surface area contributed by atoms with E-state index in [-0.39, 0.29) is 23.0 Å². The number of halogens is 1. The van der Waals surface area contributed by atoms with E-state index in [0.29, 0.717) is 11.6 Å². The molecule has 0 heterocycles. The zero-order valence-corrected chi connectivity index (χ0v) is 11.6. The van der Waals surface area contributed by atoms with Crippen molar-refractivity contribution in [3.05, 3.63) is 58.6 Å². The molecule has 20 heavy (non-hydrogen) atoms. The van der Waals surface area contributed by atoms with E-state index in [1.54, 1.807) is 13.1 Å². The highest BCUT2D eigenvalue weighted by atomic mass is 35.5. The zero-order chi connectivity index (χ0) is 14.7. The Labute approximate surface area is 121 Å². The van der Waals surface area contributed by atoms with Gasteiger partial charge in [-0.1, -0.05) is 29.8 Å². The van der Waals surface area contributed by atoms with Crippen molar-refractivity contribution in [1.29, 1.82) is 0 Å². The van der Waals surface area contributed by atoms with Gasteiger partial charge in [-0.05, 0) is 23.8 Å². The molecule has 0 fully saturated rings. The van der Waals surface area contributed by atoms with Crippen LogP contribution in [0.4, 0.5) is 0 Å². The topological polar surface area (TPSA) is 60.8 Å². The van der Waals surface area contributed by atoms with Crippen molar-refractivity contribution in [3.63, 3.8) is 0 Å². The van der Waals surface area contributed by atoms with Gasteiger partial charge in [0, 0.05) is 24.7 Å². The lowest BCUT2D eigenvalue weighted by molar-refractivity contribution is 0.0782. The van der Waals surface area contributed by atoms with Gasteiger partial charge in [-0.3, -0.25) is 4.79 Å². The number of carbonyl (C=O) groups excluding carboxylic acids is 1. The van der Waals surface area contributed by atoms with E-state index in [4.69, 9.17) is 11.6 Å². The number of carbonyl (C=O) groups is 1. The van der Waals surface area contributed by atoms with Crippen LogP contribution in [0.5, 0.6) is 11.5 Å². The standard InChI is InChI=1S/C15H14ClNO3/c1-17(9-10-4-2-3-5-13(10)16)15(20)12-7-6-11(18)8-14(12)19/h2-8,18-19H,9H2,1H3. The van der Waals surface area contributed by atoms with Gasteiger partial charge in [-0.15, -0.1) is 0 Å². The van der Waals surface area contributed by atoms with E-state index < -0.39 is 0 Å². The van der Waals surface area contributed by atoms with E-state index in [1.165, 1.54) is 17.0 Å². The third-order valence-electron chi connectivity index (χ3n) is 2.92. The monoisotopic (exact) mass is 291 g/mol. The minimum atomic E-state index is -0.345. The minimum absolute atomic E-state index is 0.0900. The van der Waals surface area contributed by atoms with Crippen molar-refractivity contribution in [3.8, 4) is 11.5 Å². The maximum atomic E-state index is 12.2. The largest absolute Gasteiger partial charge is 0.508 e. The molecule has 2 aromatic rings. The van der Waals surface area contributed by atoms with E-state index in [2.05, 4.69) is 0 Å². The van der Waals surface area contributed by atoms with Crippen LogP contribution < -0.4 is 0 Å². The molecule has 0 saturated heterocycles. The smallest absolute Gasteiger partial charge is 0.257 e. The number of hydrogen-bond donors (Lipinski definition) is 2. The molecule has 0 unspecified atom stereocenters. The quantitative estimate of drug-likeness (QED) is 0.914. The highest BCUT2D eigenvalue weighted by molar-refractivity contribution is 6.31. The van der Waals surface area contributed by atoms with Gasteiger partial charge >= 0.3 is 0 Å². The molecular formula is C15H14ClNO3. The van der Waals surface area contributed by atoms with Crippen LogP contribution in [-0.2, 0) is 6.54 Å². The Morgan fingerprint density at radius 2 is 1.90 bits per heavy atom. The molecule has 0 aromatic heterocycles. The van der Waals surface area contributed by atoms with Crippen molar-refractivity contribution >= 4 is 17.5 Å². The Hall–Kier alpha value is -2.20. The summed E-state index contributed by atoms with van der Waals surface area (Å²) in [6.07, 6.45) is 0. The fraction of sp³-hybridized carbons (Fsp3) is 0.133. The molecule has 0 aliphatic carbocycles. The minimum Gasteiger partial charge on any atom is -0.508 e. The number of phenols is 2. The van der Waals surface area contributed by atoms with Gasteiger partial charge in [0.15, 0.2) is 0 Å². The third-order valence-corrected chi connectivity index (χ3v) is 3.29. The molecule has 5 heteroatoms. The molecule has 1 amide bonds. The van der Waals surface area contributed by atoms with Crippen molar-refractivity contribution in [2.24, 2.45) is 0 Å². The normalized spacial score (nSPS) is 10.3. The molecule has 0 atom stereocenters. The fourth-order valence-corrected chi connectivity index (χ4v) is 2.06. The van der Waals surface area contributed by atoms with Crippen molar-refractivity contribution in [2.75, 3.05) is 7.05 Å². The summed E-state index contributed by atoms with van der Waals surface area (Å²) >= 11 is 6.05. The molecule has 104 valence electrons. The highest BCUT2D eigenvalue weighted by Crippen LogP contribution is 2.24.